The Morgan fingerprint density at radius 3 is 2.67 bits per heavy atom. The number of rotatable bonds is 5. The number of aromatic nitrogens is 1. The third-order valence-electron chi connectivity index (χ3n) is 4.20. The van der Waals surface area contributed by atoms with Crippen molar-refractivity contribution in [3.8, 4) is 0 Å². The number of anilines is 2. The van der Waals surface area contributed by atoms with Crippen LogP contribution in [0.1, 0.15) is 0 Å². The van der Waals surface area contributed by atoms with Crippen LogP contribution in [-0.4, -0.2) is 62.2 Å². The van der Waals surface area contributed by atoms with Crippen LogP contribution in [0.2, 0.25) is 0 Å². The van der Waals surface area contributed by atoms with Crippen molar-refractivity contribution in [1.82, 2.24) is 9.88 Å². The summed E-state index contributed by atoms with van der Waals surface area (Å²) in [6.45, 7) is 5.21. The minimum Gasteiger partial charge on any atom is -0.373 e. The molecule has 1 aliphatic heterocycles. The Morgan fingerprint density at radius 2 is 2.00 bits per heavy atom. The first-order chi connectivity index (χ1) is 11.7. The Hall–Kier alpha value is -2.28. The number of nitrogens with two attached hydrogens (primary N) is 1. The predicted molar refractivity (Wildman–Crippen MR) is 102 cm³/mol. The summed E-state index contributed by atoms with van der Waals surface area (Å²) in [4.78, 5) is 15.6. The average Bonchev–Trinajstić information content (AvgIpc) is 3.17. The molecule has 0 unspecified atom stereocenters. The molecule has 1 aromatic heterocycles. The first-order valence-electron chi connectivity index (χ1n) is 8.19. The van der Waals surface area contributed by atoms with Crippen molar-refractivity contribution in [2.75, 3.05) is 56.1 Å². The molecule has 0 aliphatic carbocycles. The largest absolute Gasteiger partial charge is 0.373 e. The lowest BCUT2D eigenvalue weighted by atomic mass is 10.3. The van der Waals surface area contributed by atoms with Crippen LogP contribution in [0.25, 0.3) is 0 Å². The number of piperazine rings is 1. The summed E-state index contributed by atoms with van der Waals surface area (Å²) in [5.41, 5.74) is 7.36. The lowest BCUT2D eigenvalue weighted by molar-refractivity contribution is 0.380. The van der Waals surface area contributed by atoms with Gasteiger partial charge in [0.25, 0.3) is 0 Å². The molecule has 7 heteroatoms. The second-order valence-electron chi connectivity index (χ2n) is 5.79. The molecule has 1 aliphatic rings. The maximum absolute atomic E-state index is 6.16. The highest BCUT2D eigenvalue weighted by Crippen LogP contribution is 2.18. The van der Waals surface area contributed by atoms with Crippen LogP contribution in [0.5, 0.6) is 0 Å². The zero-order valence-corrected chi connectivity index (χ0v) is 14.8. The molecular weight excluding hydrogens is 320 g/mol. The van der Waals surface area contributed by atoms with Crippen LogP contribution in [0.3, 0.4) is 0 Å². The van der Waals surface area contributed by atoms with Crippen molar-refractivity contribution in [3.05, 3.63) is 41.9 Å². The molecule has 2 heterocycles. The zero-order chi connectivity index (χ0) is 16.8. The van der Waals surface area contributed by atoms with E-state index in [0.717, 1.165) is 37.9 Å². The molecule has 0 atom stereocenters. The number of benzene rings is 1. The summed E-state index contributed by atoms with van der Waals surface area (Å²) in [6, 6.07) is 10.3. The lowest BCUT2D eigenvalue weighted by Crippen LogP contribution is -2.51. The molecule has 3 rings (SSSR count). The highest BCUT2D eigenvalue weighted by Gasteiger charge is 2.19. The Morgan fingerprint density at radius 1 is 1.25 bits per heavy atom. The number of nitrogens with zero attached hydrogens (tertiary/aromatic N) is 5. The molecule has 1 fully saturated rings. The van der Waals surface area contributed by atoms with Crippen molar-refractivity contribution in [1.29, 1.82) is 0 Å². The molecule has 0 bridgehead atoms. The van der Waals surface area contributed by atoms with Gasteiger partial charge in [0.1, 0.15) is 0 Å². The number of thiazole rings is 1. The van der Waals surface area contributed by atoms with E-state index in [-0.39, 0.29) is 0 Å². The minimum absolute atomic E-state index is 0.648. The van der Waals surface area contributed by atoms with Crippen LogP contribution in [0.15, 0.2) is 46.9 Å². The van der Waals surface area contributed by atoms with Gasteiger partial charge in [-0.05, 0) is 12.1 Å². The van der Waals surface area contributed by atoms with Crippen molar-refractivity contribution in [2.45, 2.75) is 0 Å². The van der Waals surface area contributed by atoms with Crippen molar-refractivity contribution in [3.63, 3.8) is 0 Å². The van der Waals surface area contributed by atoms with Crippen molar-refractivity contribution in [2.24, 2.45) is 10.7 Å². The molecule has 24 heavy (non-hydrogen) atoms. The number of hydrogen-bond acceptors (Lipinski definition) is 5. The SMILES string of the molecule is CN(CCN=C(N)N1CCN(c2nccs2)CC1)c1ccccc1. The van der Waals surface area contributed by atoms with Crippen LogP contribution < -0.4 is 15.5 Å². The normalized spacial score (nSPS) is 15.6. The summed E-state index contributed by atoms with van der Waals surface area (Å²) in [7, 11) is 2.08. The van der Waals surface area contributed by atoms with Crippen LogP contribution in [-0.2, 0) is 0 Å². The molecule has 128 valence electrons. The highest BCUT2D eigenvalue weighted by molar-refractivity contribution is 7.13. The Kier molecular flexibility index (Phi) is 5.53. The molecule has 1 saturated heterocycles. The maximum Gasteiger partial charge on any atom is 0.191 e. The molecule has 0 radical (unpaired) electrons. The van der Waals surface area contributed by atoms with Gasteiger partial charge in [0.15, 0.2) is 11.1 Å². The smallest absolute Gasteiger partial charge is 0.191 e. The fraction of sp³-hybridized carbons (Fsp3) is 0.412. The standard InChI is InChI=1S/C17H24N6S/c1-21(15-5-3-2-4-6-15)9-7-19-16(18)22-10-12-23(13-11-22)17-20-8-14-24-17/h2-6,8,14H,7,9-13H2,1H3,(H2,18,19). The minimum atomic E-state index is 0.648. The molecule has 1 aromatic carbocycles. The third-order valence-corrected chi connectivity index (χ3v) is 5.03. The van der Waals surface area contributed by atoms with Gasteiger partial charge < -0.3 is 20.4 Å². The number of para-hydroxylation sites is 1. The van der Waals surface area contributed by atoms with E-state index >= 15 is 0 Å². The van der Waals surface area contributed by atoms with Crippen LogP contribution in [0.4, 0.5) is 10.8 Å². The molecule has 2 aromatic rings. The van der Waals surface area contributed by atoms with Gasteiger partial charge in [-0.2, -0.15) is 0 Å². The van der Waals surface area contributed by atoms with Gasteiger partial charge in [-0.15, -0.1) is 11.3 Å². The molecule has 2 N–H and O–H groups in total. The van der Waals surface area contributed by atoms with Crippen molar-refractivity contribution < 1.29 is 0 Å². The number of likely N-dealkylation sites (N-methyl/N-ethyl adjacent to an activating group) is 1. The summed E-state index contributed by atoms with van der Waals surface area (Å²) >= 11 is 1.68. The van der Waals surface area contributed by atoms with Gasteiger partial charge in [0.2, 0.25) is 0 Å². The van der Waals surface area contributed by atoms with Gasteiger partial charge in [-0.1, -0.05) is 18.2 Å². The third kappa shape index (κ3) is 4.17. The number of aliphatic imine (C=N–C) groups is 1. The highest BCUT2D eigenvalue weighted by atomic mass is 32.1. The fourth-order valence-electron chi connectivity index (χ4n) is 2.73. The topological polar surface area (TPSA) is 61.0 Å². The number of guanidine groups is 1. The van der Waals surface area contributed by atoms with Crippen molar-refractivity contribution >= 4 is 28.1 Å². The van der Waals surface area contributed by atoms with Gasteiger partial charge in [-0.3, -0.25) is 4.99 Å². The van der Waals surface area contributed by atoms with Gasteiger partial charge in [0.05, 0.1) is 6.54 Å². The van der Waals surface area contributed by atoms with E-state index in [9.17, 15) is 0 Å². The second kappa shape index (κ2) is 8.01. The van der Waals surface area contributed by atoms with Crippen LogP contribution in [0, 0.1) is 0 Å². The molecule has 0 saturated carbocycles. The van der Waals surface area contributed by atoms with E-state index in [1.165, 1.54) is 5.69 Å². The first kappa shape index (κ1) is 16.6. The first-order valence-corrected chi connectivity index (χ1v) is 9.07. The summed E-state index contributed by atoms with van der Waals surface area (Å²) < 4.78 is 0. The van der Waals surface area contributed by atoms with E-state index < -0.39 is 0 Å². The van der Waals surface area contributed by atoms with Crippen LogP contribution >= 0.6 is 11.3 Å². The quantitative estimate of drug-likeness (QED) is 0.661. The molecule has 6 nitrogen and oxygen atoms in total. The predicted octanol–water partition coefficient (Wildman–Crippen LogP) is 1.72. The van der Waals surface area contributed by atoms with E-state index in [0.29, 0.717) is 12.5 Å². The average molecular weight is 344 g/mol. The van der Waals surface area contributed by atoms with E-state index in [1.54, 1.807) is 11.3 Å². The molecule has 0 spiro atoms. The van der Waals surface area contributed by atoms with Gasteiger partial charge >= 0.3 is 0 Å². The summed E-state index contributed by atoms with van der Waals surface area (Å²) in [5, 5.41) is 3.11. The summed E-state index contributed by atoms with van der Waals surface area (Å²) in [5.74, 6) is 0.648. The van der Waals surface area contributed by atoms with Gasteiger partial charge in [-0.25, -0.2) is 4.98 Å². The Bertz CT molecular complexity index is 634. The molecule has 0 amide bonds. The Balaban J connectivity index is 1.45. The zero-order valence-electron chi connectivity index (χ0n) is 14.0. The summed E-state index contributed by atoms with van der Waals surface area (Å²) in [6.07, 6.45) is 1.85. The van der Waals surface area contributed by atoms with Gasteiger partial charge in [0, 0.05) is 57.0 Å². The monoisotopic (exact) mass is 344 g/mol. The molecular formula is C17H24N6S. The van der Waals surface area contributed by atoms with E-state index in [2.05, 4.69) is 43.9 Å². The Labute approximate surface area is 147 Å². The maximum atomic E-state index is 6.16. The second-order valence-corrected chi connectivity index (χ2v) is 6.66. The van der Waals surface area contributed by atoms with E-state index in [1.807, 2.05) is 29.8 Å². The lowest BCUT2D eigenvalue weighted by Gasteiger charge is -2.35. The number of hydrogen-bond donors (Lipinski definition) is 1. The van der Waals surface area contributed by atoms with E-state index in [4.69, 9.17) is 5.73 Å². The fourth-order valence-corrected chi connectivity index (χ4v) is 3.42.